The van der Waals surface area contributed by atoms with E-state index in [4.69, 9.17) is 9.51 Å². The van der Waals surface area contributed by atoms with Gasteiger partial charge >= 0.3 is 0 Å². The molecule has 0 atom stereocenters. The van der Waals surface area contributed by atoms with E-state index in [0.29, 0.717) is 38.3 Å². The van der Waals surface area contributed by atoms with Crippen molar-refractivity contribution in [1.82, 2.24) is 20.0 Å². The van der Waals surface area contributed by atoms with Gasteiger partial charge in [0.2, 0.25) is 5.91 Å². The number of carbonyl (C=O) groups excluding carboxylic acids is 1. The summed E-state index contributed by atoms with van der Waals surface area (Å²) in [6.45, 7) is 4.85. The summed E-state index contributed by atoms with van der Waals surface area (Å²) >= 11 is 1.63. The Bertz CT molecular complexity index is 1520. The predicted molar refractivity (Wildman–Crippen MR) is 143 cm³/mol. The zero-order valence-corrected chi connectivity index (χ0v) is 21.0. The van der Waals surface area contributed by atoms with Gasteiger partial charge in [-0.3, -0.25) is 4.79 Å². The fourth-order valence-electron chi connectivity index (χ4n) is 4.82. The van der Waals surface area contributed by atoms with E-state index in [1.807, 2.05) is 34.5 Å². The van der Waals surface area contributed by atoms with Crippen molar-refractivity contribution < 1.29 is 9.32 Å². The molecule has 1 aliphatic rings. The molecule has 0 radical (unpaired) electrons. The Labute approximate surface area is 213 Å². The van der Waals surface area contributed by atoms with E-state index >= 15 is 0 Å². The molecule has 8 heteroatoms. The van der Waals surface area contributed by atoms with Crippen molar-refractivity contribution in [3.8, 4) is 11.3 Å². The maximum Gasteiger partial charge on any atom is 0.263 e. The molecule has 2 aromatic carbocycles. The Hall–Kier alpha value is -3.78. The van der Waals surface area contributed by atoms with Gasteiger partial charge < -0.3 is 14.3 Å². The van der Waals surface area contributed by atoms with E-state index in [2.05, 4.69) is 52.3 Å². The van der Waals surface area contributed by atoms with Crippen LogP contribution in [0, 0.1) is 0 Å². The number of nitrogens with zero attached hydrogens (tertiary/aromatic N) is 5. The molecule has 1 amide bonds. The monoisotopic (exact) mass is 497 g/mol. The van der Waals surface area contributed by atoms with Crippen LogP contribution in [-0.4, -0.2) is 52.1 Å². The summed E-state index contributed by atoms with van der Waals surface area (Å²) in [7, 11) is 0. The van der Waals surface area contributed by atoms with Crippen molar-refractivity contribution in [2.24, 2.45) is 0 Å². The fraction of sp³-hybridized carbons (Fsp3) is 0.286. The molecule has 7 nitrogen and oxygen atoms in total. The second-order valence-corrected chi connectivity index (χ2v) is 10.1. The van der Waals surface area contributed by atoms with Gasteiger partial charge in [-0.2, -0.15) is 4.98 Å². The number of hydrogen-bond donors (Lipinski definition) is 0. The van der Waals surface area contributed by atoms with Crippen molar-refractivity contribution in [2.45, 2.75) is 26.2 Å². The average Bonchev–Trinajstić information content (AvgIpc) is 3.58. The van der Waals surface area contributed by atoms with Crippen molar-refractivity contribution >= 4 is 44.9 Å². The Balaban J connectivity index is 1.33. The molecule has 0 bridgehead atoms. The Morgan fingerprint density at radius 2 is 1.83 bits per heavy atom. The molecule has 5 aromatic rings. The molecule has 1 saturated heterocycles. The zero-order valence-electron chi connectivity index (χ0n) is 20.2. The molecular formula is C28H27N5O2S. The van der Waals surface area contributed by atoms with Gasteiger partial charge in [-0.15, -0.1) is 11.3 Å². The van der Waals surface area contributed by atoms with Crippen LogP contribution in [0.4, 0.5) is 5.82 Å². The quantitative estimate of drug-likeness (QED) is 0.315. The van der Waals surface area contributed by atoms with E-state index in [0.717, 1.165) is 51.4 Å². The number of aryl methyl sites for hydroxylation is 1. The van der Waals surface area contributed by atoms with E-state index in [1.54, 1.807) is 11.3 Å². The molecule has 0 saturated carbocycles. The summed E-state index contributed by atoms with van der Waals surface area (Å²) in [5, 5.41) is 9.62. The number of hydrogen-bond acceptors (Lipinski definition) is 7. The first-order chi connectivity index (χ1) is 17.7. The number of thiophene rings is 1. The van der Waals surface area contributed by atoms with Crippen LogP contribution < -0.4 is 4.90 Å². The van der Waals surface area contributed by atoms with Crippen LogP contribution in [-0.2, 0) is 17.6 Å². The minimum Gasteiger partial charge on any atom is -0.352 e. The standard InChI is InChI=1S/C28H27N5O2S/c1-2-6-23-29-27(33-14-12-32(13-15-33)24(34)18-22-9-5-16-36-22)25-26(31-35-28(25)30-23)21-11-10-19-7-3-4-8-20(19)17-21/h3-5,7-11,16-17H,2,6,12-15,18H2,1H3. The molecule has 0 N–H and O–H groups in total. The highest BCUT2D eigenvalue weighted by atomic mass is 32.1. The van der Waals surface area contributed by atoms with Crippen molar-refractivity contribution in [2.75, 3.05) is 31.1 Å². The second-order valence-electron chi connectivity index (χ2n) is 9.11. The number of rotatable bonds is 6. The largest absolute Gasteiger partial charge is 0.352 e. The van der Waals surface area contributed by atoms with Crippen LogP contribution in [0.15, 0.2) is 64.5 Å². The van der Waals surface area contributed by atoms with Crippen LogP contribution in [0.2, 0.25) is 0 Å². The molecule has 0 aliphatic carbocycles. The first-order valence-electron chi connectivity index (χ1n) is 12.4. The smallest absolute Gasteiger partial charge is 0.263 e. The molecule has 182 valence electrons. The first kappa shape index (κ1) is 22.7. The van der Waals surface area contributed by atoms with Crippen molar-refractivity contribution in [1.29, 1.82) is 0 Å². The normalized spacial score (nSPS) is 14.1. The fourth-order valence-corrected chi connectivity index (χ4v) is 5.52. The topological polar surface area (TPSA) is 75.4 Å². The molecule has 36 heavy (non-hydrogen) atoms. The van der Waals surface area contributed by atoms with E-state index < -0.39 is 0 Å². The summed E-state index contributed by atoms with van der Waals surface area (Å²) in [6, 6.07) is 18.6. The third-order valence-corrected chi connectivity index (χ3v) is 7.57. The summed E-state index contributed by atoms with van der Waals surface area (Å²) in [5.41, 5.74) is 2.25. The number of aromatic nitrogens is 3. The van der Waals surface area contributed by atoms with Gasteiger partial charge in [0.25, 0.3) is 5.71 Å². The third-order valence-electron chi connectivity index (χ3n) is 6.70. The molecule has 0 unspecified atom stereocenters. The lowest BCUT2D eigenvalue weighted by Crippen LogP contribution is -2.49. The highest BCUT2D eigenvalue weighted by Gasteiger charge is 2.27. The average molecular weight is 498 g/mol. The maximum absolute atomic E-state index is 12.8. The highest BCUT2D eigenvalue weighted by Crippen LogP contribution is 2.35. The molecule has 4 heterocycles. The molecule has 3 aromatic heterocycles. The predicted octanol–water partition coefficient (Wildman–Crippen LogP) is 5.34. The van der Waals surface area contributed by atoms with Gasteiger partial charge in [0, 0.05) is 43.0 Å². The number of piperazine rings is 1. The highest BCUT2D eigenvalue weighted by molar-refractivity contribution is 7.10. The van der Waals surface area contributed by atoms with Crippen LogP contribution in [0.25, 0.3) is 33.1 Å². The molecule has 1 fully saturated rings. The Kier molecular flexibility index (Phi) is 6.11. The second kappa shape index (κ2) is 9.70. The lowest BCUT2D eigenvalue weighted by atomic mass is 10.0. The van der Waals surface area contributed by atoms with Gasteiger partial charge in [-0.05, 0) is 34.7 Å². The first-order valence-corrected chi connectivity index (χ1v) is 13.3. The van der Waals surface area contributed by atoms with E-state index in [-0.39, 0.29) is 5.91 Å². The van der Waals surface area contributed by atoms with Gasteiger partial charge in [0.15, 0.2) is 0 Å². The summed E-state index contributed by atoms with van der Waals surface area (Å²) in [6.07, 6.45) is 2.18. The SMILES string of the molecule is CCCc1nc(N2CCN(C(=O)Cc3cccs3)CC2)c2c(-c3ccc4ccccc4c3)noc2n1. The third kappa shape index (κ3) is 4.33. The lowest BCUT2D eigenvalue weighted by Gasteiger charge is -2.35. The van der Waals surface area contributed by atoms with Crippen LogP contribution in [0.1, 0.15) is 24.0 Å². The molecule has 1 aliphatic heterocycles. The molecular weight excluding hydrogens is 470 g/mol. The zero-order chi connectivity index (χ0) is 24.5. The molecule has 6 rings (SSSR count). The van der Waals surface area contributed by atoms with Crippen molar-refractivity contribution in [3.63, 3.8) is 0 Å². The number of anilines is 1. The van der Waals surface area contributed by atoms with Gasteiger partial charge in [0.1, 0.15) is 22.7 Å². The number of amides is 1. The van der Waals surface area contributed by atoms with Gasteiger partial charge in [0.05, 0.1) is 6.42 Å². The van der Waals surface area contributed by atoms with Gasteiger partial charge in [-0.1, -0.05) is 54.5 Å². The van der Waals surface area contributed by atoms with Crippen LogP contribution in [0.5, 0.6) is 0 Å². The number of fused-ring (bicyclic) bond motifs is 2. The number of carbonyl (C=O) groups is 1. The lowest BCUT2D eigenvalue weighted by molar-refractivity contribution is -0.130. The van der Waals surface area contributed by atoms with Crippen LogP contribution in [0.3, 0.4) is 0 Å². The maximum atomic E-state index is 12.8. The van der Waals surface area contributed by atoms with Crippen LogP contribution >= 0.6 is 11.3 Å². The summed E-state index contributed by atoms with van der Waals surface area (Å²) in [5.74, 6) is 1.79. The molecule has 0 spiro atoms. The summed E-state index contributed by atoms with van der Waals surface area (Å²) in [4.78, 5) is 27.8. The minimum atomic E-state index is 0.179. The van der Waals surface area contributed by atoms with Gasteiger partial charge in [-0.25, -0.2) is 4.98 Å². The number of benzene rings is 2. The Morgan fingerprint density at radius 1 is 1.00 bits per heavy atom. The Morgan fingerprint density at radius 3 is 2.61 bits per heavy atom. The van der Waals surface area contributed by atoms with E-state index in [1.165, 1.54) is 5.39 Å². The van der Waals surface area contributed by atoms with Crippen molar-refractivity contribution in [3.05, 3.63) is 70.7 Å². The van der Waals surface area contributed by atoms with E-state index in [9.17, 15) is 4.79 Å². The summed E-state index contributed by atoms with van der Waals surface area (Å²) < 4.78 is 5.76. The minimum absolute atomic E-state index is 0.179.